The molecule has 0 saturated carbocycles. The molecule has 1 aromatic heterocycles. The highest BCUT2D eigenvalue weighted by Crippen LogP contribution is 2.28. The molecule has 0 fully saturated rings. The lowest BCUT2D eigenvalue weighted by Crippen LogP contribution is -1.99. The van der Waals surface area contributed by atoms with Gasteiger partial charge < -0.3 is 9.47 Å². The Morgan fingerprint density at radius 3 is 2.79 bits per heavy atom. The van der Waals surface area contributed by atoms with Crippen LogP contribution >= 0.6 is 0 Å². The van der Waals surface area contributed by atoms with Gasteiger partial charge >= 0.3 is 0 Å². The first-order chi connectivity index (χ1) is 9.22. The van der Waals surface area contributed by atoms with E-state index in [0.29, 0.717) is 22.6 Å². The Labute approximate surface area is 110 Å². The molecule has 0 aliphatic heterocycles. The second-order valence-corrected chi connectivity index (χ2v) is 3.78. The van der Waals surface area contributed by atoms with Gasteiger partial charge in [-0.15, -0.1) is 0 Å². The SMILES string of the molecule is COc1cc(C#N)ccc1OCc1cncc(F)c1. The summed E-state index contributed by atoms with van der Waals surface area (Å²) in [5.41, 5.74) is 1.10. The summed E-state index contributed by atoms with van der Waals surface area (Å²) in [6.07, 6.45) is 2.66. The van der Waals surface area contributed by atoms with Crippen LogP contribution in [0.2, 0.25) is 0 Å². The van der Waals surface area contributed by atoms with Crippen molar-refractivity contribution in [2.24, 2.45) is 0 Å². The first-order valence-electron chi connectivity index (χ1n) is 5.53. The fourth-order valence-corrected chi connectivity index (χ4v) is 1.55. The Morgan fingerprint density at radius 2 is 2.11 bits per heavy atom. The first kappa shape index (κ1) is 12.8. The molecular weight excluding hydrogens is 247 g/mol. The molecule has 5 heteroatoms. The van der Waals surface area contributed by atoms with Crippen molar-refractivity contribution in [1.82, 2.24) is 4.98 Å². The van der Waals surface area contributed by atoms with Crippen molar-refractivity contribution in [3.05, 3.63) is 53.6 Å². The quantitative estimate of drug-likeness (QED) is 0.846. The lowest BCUT2D eigenvalue weighted by atomic mass is 10.2. The van der Waals surface area contributed by atoms with Crippen LogP contribution in [-0.2, 0) is 6.61 Å². The van der Waals surface area contributed by atoms with Gasteiger partial charge in [-0.2, -0.15) is 5.26 Å². The van der Waals surface area contributed by atoms with Crippen LogP contribution in [0.5, 0.6) is 11.5 Å². The molecule has 0 bridgehead atoms. The molecule has 19 heavy (non-hydrogen) atoms. The molecule has 0 atom stereocenters. The smallest absolute Gasteiger partial charge is 0.162 e. The van der Waals surface area contributed by atoms with Gasteiger partial charge in [-0.1, -0.05) is 0 Å². The minimum absolute atomic E-state index is 0.174. The van der Waals surface area contributed by atoms with Gasteiger partial charge in [0.15, 0.2) is 11.5 Å². The maximum Gasteiger partial charge on any atom is 0.162 e. The van der Waals surface area contributed by atoms with E-state index in [-0.39, 0.29) is 6.61 Å². The summed E-state index contributed by atoms with van der Waals surface area (Å²) in [6.45, 7) is 0.174. The zero-order valence-corrected chi connectivity index (χ0v) is 10.3. The van der Waals surface area contributed by atoms with Crippen LogP contribution in [0.3, 0.4) is 0 Å². The third-order valence-corrected chi connectivity index (χ3v) is 2.45. The lowest BCUT2D eigenvalue weighted by molar-refractivity contribution is 0.283. The van der Waals surface area contributed by atoms with E-state index in [9.17, 15) is 4.39 Å². The van der Waals surface area contributed by atoms with Gasteiger partial charge in [0.25, 0.3) is 0 Å². The number of nitriles is 1. The van der Waals surface area contributed by atoms with E-state index in [1.54, 1.807) is 18.2 Å². The molecule has 0 aliphatic rings. The Hall–Kier alpha value is -2.61. The molecule has 2 aromatic rings. The molecule has 0 saturated heterocycles. The molecular formula is C14H11FN2O2. The summed E-state index contributed by atoms with van der Waals surface area (Å²) in [5.74, 6) is 0.544. The van der Waals surface area contributed by atoms with E-state index in [0.717, 1.165) is 6.20 Å². The molecule has 0 spiro atoms. The van der Waals surface area contributed by atoms with E-state index in [1.807, 2.05) is 6.07 Å². The first-order valence-corrected chi connectivity index (χ1v) is 5.53. The summed E-state index contributed by atoms with van der Waals surface area (Å²) in [5, 5.41) is 8.79. The van der Waals surface area contributed by atoms with Crippen LogP contribution in [0.25, 0.3) is 0 Å². The van der Waals surface area contributed by atoms with Crippen LogP contribution < -0.4 is 9.47 Å². The molecule has 0 unspecified atom stereocenters. The Morgan fingerprint density at radius 1 is 1.26 bits per heavy atom. The number of rotatable bonds is 4. The fourth-order valence-electron chi connectivity index (χ4n) is 1.55. The maximum atomic E-state index is 13.0. The topological polar surface area (TPSA) is 55.1 Å². The number of benzene rings is 1. The average molecular weight is 258 g/mol. The minimum Gasteiger partial charge on any atom is -0.493 e. The van der Waals surface area contributed by atoms with Gasteiger partial charge in [0.2, 0.25) is 0 Å². The van der Waals surface area contributed by atoms with E-state index in [1.165, 1.54) is 19.4 Å². The minimum atomic E-state index is -0.409. The Bertz CT molecular complexity index is 623. The number of pyridine rings is 1. The largest absolute Gasteiger partial charge is 0.493 e. The van der Waals surface area contributed by atoms with Crippen molar-refractivity contribution in [3.63, 3.8) is 0 Å². The molecule has 2 rings (SSSR count). The molecule has 1 aromatic carbocycles. The third kappa shape index (κ3) is 3.19. The van der Waals surface area contributed by atoms with Gasteiger partial charge in [-0.25, -0.2) is 4.39 Å². The van der Waals surface area contributed by atoms with Crippen molar-refractivity contribution < 1.29 is 13.9 Å². The standard InChI is InChI=1S/C14H11FN2O2/c1-18-14-5-10(6-16)2-3-13(14)19-9-11-4-12(15)8-17-7-11/h2-5,7-8H,9H2,1H3. The summed E-state index contributed by atoms with van der Waals surface area (Å²) in [4.78, 5) is 3.74. The van der Waals surface area contributed by atoms with Crippen LogP contribution in [0.4, 0.5) is 4.39 Å². The zero-order valence-electron chi connectivity index (χ0n) is 10.3. The molecule has 4 nitrogen and oxygen atoms in total. The van der Waals surface area contributed by atoms with Crippen LogP contribution in [0.15, 0.2) is 36.7 Å². The van der Waals surface area contributed by atoms with Crippen molar-refractivity contribution in [1.29, 1.82) is 5.26 Å². The summed E-state index contributed by atoms with van der Waals surface area (Å²) in [7, 11) is 1.49. The van der Waals surface area contributed by atoms with Crippen molar-refractivity contribution in [2.75, 3.05) is 7.11 Å². The molecule has 0 N–H and O–H groups in total. The van der Waals surface area contributed by atoms with E-state index >= 15 is 0 Å². The van der Waals surface area contributed by atoms with E-state index in [2.05, 4.69) is 4.98 Å². The highest BCUT2D eigenvalue weighted by Gasteiger charge is 2.06. The van der Waals surface area contributed by atoms with E-state index in [4.69, 9.17) is 14.7 Å². The number of aromatic nitrogens is 1. The molecule has 0 aliphatic carbocycles. The number of halogens is 1. The van der Waals surface area contributed by atoms with Crippen molar-refractivity contribution in [2.45, 2.75) is 6.61 Å². The summed E-state index contributed by atoms with van der Waals surface area (Å²) >= 11 is 0. The number of hydrogen-bond donors (Lipinski definition) is 0. The Balaban J connectivity index is 2.13. The van der Waals surface area contributed by atoms with Crippen LogP contribution in [-0.4, -0.2) is 12.1 Å². The highest BCUT2D eigenvalue weighted by molar-refractivity contribution is 5.46. The van der Waals surface area contributed by atoms with Crippen molar-refractivity contribution in [3.8, 4) is 17.6 Å². The van der Waals surface area contributed by atoms with Gasteiger partial charge in [0.05, 0.1) is 24.9 Å². The monoisotopic (exact) mass is 258 g/mol. The van der Waals surface area contributed by atoms with Crippen LogP contribution in [0, 0.1) is 17.1 Å². The second-order valence-electron chi connectivity index (χ2n) is 3.78. The fraction of sp³-hybridized carbons (Fsp3) is 0.143. The van der Waals surface area contributed by atoms with Gasteiger partial charge in [-0.3, -0.25) is 4.98 Å². The highest BCUT2D eigenvalue weighted by atomic mass is 19.1. The van der Waals surface area contributed by atoms with Gasteiger partial charge in [0.1, 0.15) is 12.4 Å². The number of methoxy groups -OCH3 is 1. The third-order valence-electron chi connectivity index (χ3n) is 2.45. The average Bonchev–Trinajstić information content (AvgIpc) is 2.45. The maximum absolute atomic E-state index is 13.0. The Kier molecular flexibility index (Phi) is 3.94. The summed E-state index contributed by atoms with van der Waals surface area (Å²) < 4.78 is 23.6. The van der Waals surface area contributed by atoms with Gasteiger partial charge in [-0.05, 0) is 18.2 Å². The predicted molar refractivity (Wildman–Crippen MR) is 66.2 cm³/mol. The lowest BCUT2D eigenvalue weighted by Gasteiger charge is -2.10. The molecule has 1 heterocycles. The van der Waals surface area contributed by atoms with Crippen molar-refractivity contribution >= 4 is 0 Å². The van der Waals surface area contributed by atoms with Gasteiger partial charge in [0, 0.05) is 17.8 Å². The second kappa shape index (κ2) is 5.83. The predicted octanol–water partition coefficient (Wildman–Crippen LogP) is 2.68. The molecule has 96 valence electrons. The number of nitrogens with zero attached hydrogens (tertiary/aromatic N) is 2. The summed E-state index contributed by atoms with van der Waals surface area (Å²) in [6, 6.07) is 8.22. The number of ether oxygens (including phenoxy) is 2. The molecule has 0 radical (unpaired) electrons. The van der Waals surface area contributed by atoms with E-state index < -0.39 is 5.82 Å². The molecule has 0 amide bonds. The van der Waals surface area contributed by atoms with Crippen LogP contribution in [0.1, 0.15) is 11.1 Å². The number of hydrogen-bond acceptors (Lipinski definition) is 4. The zero-order chi connectivity index (χ0) is 13.7. The normalized spacial score (nSPS) is 9.74.